The van der Waals surface area contributed by atoms with Gasteiger partial charge in [0, 0.05) is 52.3 Å². The number of hydrogen-bond acceptors (Lipinski definition) is 37. The standard InChI is InChI=1S/C18H23N5OS2.C12H9ClN4S2.2C12H10N4OS2.C11H11N3OS.C7H7Br.C6H15NO.C6H15N.C4H5N3OS.CH4.Cl3OP/c1-11(2)8-13(9-24)20-15-14-16(21-17(19)26-14)23-18(22-15)25-10-12-6-4-3-5-7-12;13-9-8-10(16-11(14)19-8)17-12(15-9)18-6-7-4-2-1-3-5-7;13-11-14-9-8(19-11)10(17)16-12(15-9)18-6-7-4-2-1-3-5-7;13-7-19-9-10(14)15-12(16-11(9)17)18-6-8-4-2-1-3-5-8;12-9-6-10(15)14-11(13-9)16-7-8-4-2-1-3-5-8;8-6-7-4-2-1-3-5-7;1-5(2)3-6(7)4-8;1-4-7(5-2)6-3;5-2-1-3(8)7-4(9)6-2;;1-5(2,3)4/h3-7,11,13,24H,8-10H2,1-2H3,(H3,19,20,21,22,23);1-5H,6H2,(H2,14,15,16,17);1-5H,6H2,(H3,13,14,15,16,17);1-5H,6H2,(H3,14,15,16,17);1-6H,7H2,(H3,12,13,14,15);1-5H,6H2;5-6,8H,3-4,7H2,1-2H3;4-6H2,1-3H3;1H,(H4,5,6,7,8,9);1H4;/t13-;;;;;;6-;;;;/m1.....1..../s1. The molecule has 9 heterocycles. The first-order valence-corrected chi connectivity index (χ1v) is 55.8. The number of hydrogen-bond donors (Lipinski definition) is 15. The van der Waals surface area contributed by atoms with Gasteiger partial charge in [0.1, 0.15) is 41.9 Å². The topological polar surface area (TPSA) is 555 Å². The summed E-state index contributed by atoms with van der Waals surface area (Å²) >= 11 is 39.8. The highest BCUT2D eigenvalue weighted by molar-refractivity contribution is 9.08. The molecule has 137 heavy (non-hydrogen) atoms. The quantitative estimate of drug-likeness (QED) is 0.00412. The van der Waals surface area contributed by atoms with E-state index in [1.807, 2.05) is 151 Å². The molecule has 0 radical (unpaired) electrons. The van der Waals surface area contributed by atoms with E-state index < -0.39 is 5.20 Å². The van der Waals surface area contributed by atoms with Crippen LogP contribution in [0, 0.1) is 27.3 Å². The van der Waals surface area contributed by atoms with E-state index in [0.717, 1.165) is 67.5 Å². The summed E-state index contributed by atoms with van der Waals surface area (Å²) < 4.78 is 11.8. The Morgan fingerprint density at radius 2 is 0.876 bits per heavy atom. The number of nitrogens with zero attached hydrogens (tertiary/aromatic N) is 12. The highest BCUT2D eigenvalue weighted by Crippen LogP contribution is 2.61. The third kappa shape index (κ3) is 48.0. The van der Waals surface area contributed by atoms with Crippen molar-refractivity contribution in [2.24, 2.45) is 17.6 Å². The zero-order chi connectivity index (χ0) is 99.5. The van der Waals surface area contributed by atoms with Crippen LogP contribution in [-0.2, 0) is 38.7 Å². The molecule has 6 aromatic carbocycles. The largest absolute Gasteiger partial charge is 0.395 e. The number of thiazole rings is 3. The molecule has 0 aliphatic heterocycles. The van der Waals surface area contributed by atoms with E-state index in [1.54, 1.807) is 11.8 Å². The van der Waals surface area contributed by atoms with Gasteiger partial charge in [0.15, 0.2) is 73.9 Å². The number of rotatable bonds is 28. The molecule has 0 bridgehead atoms. The first-order chi connectivity index (χ1) is 65.0. The number of thioether (sulfide) groups is 6. The molecule has 9 aromatic heterocycles. The Morgan fingerprint density at radius 3 is 1.24 bits per heavy atom. The molecule has 732 valence electrons. The fraction of sp³-hybridized carbons (Fsp3) is 0.281. The van der Waals surface area contributed by atoms with E-state index in [9.17, 15) is 28.8 Å². The van der Waals surface area contributed by atoms with Crippen molar-refractivity contribution in [2.75, 3.05) is 72.6 Å². The summed E-state index contributed by atoms with van der Waals surface area (Å²) in [6.45, 7) is 18.7. The van der Waals surface area contributed by atoms with Crippen LogP contribution < -0.4 is 67.7 Å². The van der Waals surface area contributed by atoms with Crippen LogP contribution in [0.25, 0.3) is 31.0 Å². The van der Waals surface area contributed by atoms with E-state index in [0.29, 0.717) is 103 Å². The number of aliphatic hydroxyl groups excluding tert-OH is 2. The zero-order valence-electron chi connectivity index (χ0n) is 74.7. The summed E-state index contributed by atoms with van der Waals surface area (Å²) in [6, 6.07) is 62.8. The van der Waals surface area contributed by atoms with Crippen LogP contribution in [0.1, 0.15) is 102 Å². The number of aliphatic hydroxyl groups is 2. The molecule has 2 atom stereocenters. The average molecular weight is 2210 g/mol. The molecule has 0 unspecified atom stereocenters. The normalized spacial score (nSPS) is 11.0. The Labute approximate surface area is 864 Å². The summed E-state index contributed by atoms with van der Waals surface area (Å²) in [6.07, 6.45) is 1.76. The maximum atomic E-state index is 11.8. The molecular weight excluding hydrogens is 2100 g/mol. The van der Waals surface area contributed by atoms with Gasteiger partial charge in [0.2, 0.25) is 0 Å². The SMILES string of the molecule is BrCc1ccccc1.C.CC(C)C[C@@H](N)CO.CC(C)C[C@H](CO)Nc1nc(SCc2ccccc2)nc2nc(N)sc12.CCN(CC)CC.N#CSc1c(N)nc(SCc2ccccc2)[nH]c1=O.Nc1cc(=O)[nH]c(=S)[nH]1.Nc1cc(=O)[nH]c(SCc2ccccc2)n1.Nc1nc2nc(SCc3ccccc3)[nH]c(=O)c2s1.Nc1nc2nc(SCc3ccccc3)nc(Cl)c2s1.O=P(Cl)(Cl)Cl. The fourth-order valence-corrected chi connectivity index (χ4v) is 18.3. The summed E-state index contributed by atoms with van der Waals surface area (Å²) in [7, 11) is 0. The van der Waals surface area contributed by atoms with Gasteiger partial charge in [0.25, 0.3) is 22.2 Å². The number of benzene rings is 6. The predicted molar refractivity (Wildman–Crippen MR) is 586 cm³/mol. The molecule has 0 saturated heterocycles. The third-order valence-corrected chi connectivity index (χ3v) is 26.2. The van der Waals surface area contributed by atoms with E-state index in [2.05, 4.69) is 232 Å². The van der Waals surface area contributed by atoms with Crippen molar-refractivity contribution in [3.05, 3.63) is 279 Å². The summed E-state index contributed by atoms with van der Waals surface area (Å²) in [5, 5.41) is 34.1. The number of aromatic nitrogens is 15. The van der Waals surface area contributed by atoms with Crippen molar-refractivity contribution in [2.45, 2.75) is 146 Å². The maximum Gasteiger partial charge on any atom is 0.339 e. The predicted octanol–water partition coefficient (Wildman–Crippen LogP) is 21.3. The lowest BCUT2D eigenvalue weighted by molar-refractivity contribution is 0.250. The number of aromatic amines is 5. The highest BCUT2D eigenvalue weighted by Gasteiger charge is 2.19. The molecule has 32 nitrogen and oxygen atoms in total. The van der Waals surface area contributed by atoms with Crippen molar-refractivity contribution in [1.29, 1.82) is 5.26 Å². The number of thiocyanates is 1. The van der Waals surface area contributed by atoms with Crippen LogP contribution >= 0.6 is 183 Å². The number of H-pyrrole nitrogens is 5. The van der Waals surface area contributed by atoms with Crippen LogP contribution in [0.15, 0.2) is 244 Å². The van der Waals surface area contributed by atoms with E-state index in [1.165, 1.54) is 129 Å². The molecule has 0 amide bonds. The van der Waals surface area contributed by atoms with Gasteiger partial charge in [-0.05, 0) is 135 Å². The van der Waals surface area contributed by atoms with Gasteiger partial charge in [0.05, 0.1) is 19.3 Å². The van der Waals surface area contributed by atoms with E-state index in [-0.39, 0.29) is 82.1 Å². The number of nitrogen functional groups attached to an aromatic ring is 6. The second-order valence-corrected chi connectivity index (χ2v) is 45.3. The van der Waals surface area contributed by atoms with Crippen LogP contribution in [0.2, 0.25) is 5.15 Å². The summed E-state index contributed by atoms with van der Waals surface area (Å²) in [5.41, 5.74) is 46.6. The van der Waals surface area contributed by atoms with Gasteiger partial charge < -0.3 is 80.5 Å². The summed E-state index contributed by atoms with van der Waals surface area (Å²) in [4.78, 5) is 103. The molecule has 0 aliphatic rings. The minimum Gasteiger partial charge on any atom is -0.395 e. The molecule has 0 saturated carbocycles. The van der Waals surface area contributed by atoms with Crippen LogP contribution in [0.5, 0.6) is 0 Å². The Balaban J connectivity index is 0.000000278. The Hall–Kier alpha value is -9.21. The molecule has 22 N–H and O–H groups in total. The number of anilines is 7. The van der Waals surface area contributed by atoms with Gasteiger partial charge in [-0.15, -0.1) is 0 Å². The number of nitrogens with two attached hydrogens (primary N) is 7. The fourth-order valence-electron chi connectivity index (χ4n) is 10.9. The first kappa shape index (κ1) is 118. The number of nitrogens with one attached hydrogen (secondary N) is 6. The molecule has 0 fully saturated rings. The Kier molecular flexibility index (Phi) is 56.0. The molecule has 48 heteroatoms. The van der Waals surface area contributed by atoms with Crippen molar-refractivity contribution >= 4 is 253 Å². The van der Waals surface area contributed by atoms with Gasteiger partial charge in [-0.25, -0.2) is 49.8 Å². The molecule has 0 spiro atoms. The number of nitriles is 1. The monoisotopic (exact) mass is 2210 g/mol. The summed E-state index contributed by atoms with van der Waals surface area (Å²) in [5.74, 6) is 6.14. The number of halogens is 5. The third-order valence-electron chi connectivity index (χ3n) is 17.0. The van der Waals surface area contributed by atoms with Crippen LogP contribution in [-0.4, -0.2) is 135 Å². The molecule has 15 rings (SSSR count). The highest BCUT2D eigenvalue weighted by atomic mass is 79.9. The lowest BCUT2D eigenvalue weighted by atomic mass is 10.0. The second-order valence-electron chi connectivity index (χ2n) is 28.7. The minimum atomic E-state index is -3.22. The number of alkyl halides is 1. The van der Waals surface area contributed by atoms with Crippen molar-refractivity contribution in [1.82, 2.24) is 79.7 Å². The van der Waals surface area contributed by atoms with Gasteiger partial charge in [-0.2, -0.15) is 5.26 Å². The van der Waals surface area contributed by atoms with Gasteiger partial charge >= 0.3 is 5.20 Å². The molecule has 0 aliphatic carbocycles. The lowest BCUT2D eigenvalue weighted by Crippen LogP contribution is -2.26. The second kappa shape index (κ2) is 64.9. The van der Waals surface area contributed by atoms with E-state index >= 15 is 0 Å². The average Bonchev–Trinajstić information content (AvgIpc) is 1.67. The van der Waals surface area contributed by atoms with Crippen molar-refractivity contribution in [3.63, 3.8) is 0 Å². The van der Waals surface area contributed by atoms with Gasteiger partial charge in [-0.1, -0.05) is 358 Å². The van der Waals surface area contributed by atoms with E-state index in [4.69, 9.17) is 62.1 Å². The first-order valence-electron chi connectivity index (χ1n) is 41.3. The van der Waals surface area contributed by atoms with Crippen molar-refractivity contribution < 1.29 is 14.8 Å². The Bertz CT molecular complexity index is 6430. The minimum absolute atomic E-state index is 0. The van der Waals surface area contributed by atoms with Crippen LogP contribution in [0.3, 0.4) is 0 Å². The smallest absolute Gasteiger partial charge is 0.339 e. The van der Waals surface area contributed by atoms with Crippen LogP contribution in [0.4, 0.5) is 38.7 Å². The molecule has 15 aromatic rings. The number of fused-ring (bicyclic) bond motifs is 3. The zero-order valence-corrected chi connectivity index (χ0v) is 88.4. The van der Waals surface area contributed by atoms with Crippen molar-refractivity contribution in [3.8, 4) is 5.40 Å². The molecular formula is C89H109BrCl4N25O7PS10. The maximum absolute atomic E-state index is 11.8. The van der Waals surface area contributed by atoms with Gasteiger partial charge in [-0.3, -0.25) is 28.7 Å². The Morgan fingerprint density at radius 1 is 0.496 bits per heavy atom. The lowest BCUT2D eigenvalue weighted by Gasteiger charge is -2.19.